The number of carbonyl (C=O) groups excluding carboxylic acids is 1. The van der Waals surface area contributed by atoms with E-state index in [4.69, 9.17) is 4.74 Å². The molecule has 0 atom stereocenters. The molecule has 2 rings (SSSR count). The van der Waals surface area contributed by atoms with Crippen LogP contribution in [0.3, 0.4) is 0 Å². The van der Waals surface area contributed by atoms with Crippen LogP contribution < -0.4 is 10.1 Å². The van der Waals surface area contributed by atoms with E-state index >= 15 is 0 Å². The maximum atomic E-state index is 12.3. The Labute approximate surface area is 109 Å². The lowest BCUT2D eigenvalue weighted by Crippen LogP contribution is -2.46. The smallest absolute Gasteiger partial charge is 0.255 e. The molecule has 92 valence electrons. The van der Waals surface area contributed by atoms with Crippen molar-refractivity contribution in [3.63, 3.8) is 0 Å². The fourth-order valence-electron chi connectivity index (χ4n) is 1.83. The lowest BCUT2D eigenvalue weighted by atomic mass is 10.1. The number of nitrogens with zero attached hydrogens (tertiary/aromatic N) is 1. The van der Waals surface area contributed by atoms with Gasteiger partial charge in [0.05, 0.1) is 12.7 Å². The lowest BCUT2D eigenvalue weighted by Gasteiger charge is -2.27. The van der Waals surface area contributed by atoms with E-state index in [1.807, 2.05) is 17.0 Å². The second-order valence-corrected chi connectivity index (χ2v) is 4.74. The minimum atomic E-state index is 0.0530. The number of benzene rings is 1. The molecule has 0 bridgehead atoms. The van der Waals surface area contributed by atoms with Gasteiger partial charge in [-0.15, -0.1) is 0 Å². The van der Waals surface area contributed by atoms with E-state index < -0.39 is 0 Å². The summed E-state index contributed by atoms with van der Waals surface area (Å²) in [5.74, 6) is 0.754. The van der Waals surface area contributed by atoms with Crippen LogP contribution in [0.1, 0.15) is 10.4 Å². The number of rotatable bonds is 2. The molecule has 1 saturated heterocycles. The number of ether oxygens (including phenoxy) is 1. The lowest BCUT2D eigenvalue weighted by molar-refractivity contribution is 0.0734. The van der Waals surface area contributed by atoms with Gasteiger partial charge in [-0.05, 0) is 34.1 Å². The number of carbonyl (C=O) groups is 1. The summed E-state index contributed by atoms with van der Waals surface area (Å²) < 4.78 is 5.95. The van der Waals surface area contributed by atoms with Crippen molar-refractivity contribution in [1.82, 2.24) is 10.2 Å². The average Bonchev–Trinajstić information content (AvgIpc) is 2.39. The first kappa shape index (κ1) is 12.4. The minimum absolute atomic E-state index is 0.0530. The van der Waals surface area contributed by atoms with Crippen LogP contribution in [0.2, 0.25) is 0 Å². The number of hydrogen-bond acceptors (Lipinski definition) is 3. The predicted octanol–water partition coefficient (Wildman–Crippen LogP) is 1.50. The standard InChI is InChI=1S/C12H15BrN2O2/c1-17-9-2-3-11(13)10(8-9)12(16)15-6-4-14-5-7-15/h2-3,8,14H,4-7H2,1H3. The molecule has 0 aliphatic carbocycles. The molecule has 1 aliphatic rings. The van der Waals surface area contributed by atoms with E-state index in [2.05, 4.69) is 21.2 Å². The highest BCUT2D eigenvalue weighted by Crippen LogP contribution is 2.23. The molecule has 4 nitrogen and oxygen atoms in total. The van der Waals surface area contributed by atoms with Crippen molar-refractivity contribution in [3.8, 4) is 5.75 Å². The zero-order valence-electron chi connectivity index (χ0n) is 9.70. The van der Waals surface area contributed by atoms with Gasteiger partial charge in [-0.2, -0.15) is 0 Å². The molecule has 1 aliphatic heterocycles. The van der Waals surface area contributed by atoms with Gasteiger partial charge in [0.2, 0.25) is 0 Å². The molecule has 1 aromatic rings. The first-order valence-corrected chi connectivity index (χ1v) is 6.35. The van der Waals surface area contributed by atoms with E-state index in [-0.39, 0.29) is 5.91 Å². The van der Waals surface area contributed by atoms with Crippen LogP contribution >= 0.6 is 15.9 Å². The summed E-state index contributed by atoms with van der Waals surface area (Å²) in [6.45, 7) is 3.21. The van der Waals surface area contributed by atoms with Crippen LogP contribution in [0.25, 0.3) is 0 Å². The first-order valence-electron chi connectivity index (χ1n) is 5.56. The summed E-state index contributed by atoms with van der Waals surface area (Å²) in [4.78, 5) is 14.2. The average molecular weight is 299 g/mol. The van der Waals surface area contributed by atoms with Crippen molar-refractivity contribution < 1.29 is 9.53 Å². The zero-order valence-corrected chi connectivity index (χ0v) is 11.3. The van der Waals surface area contributed by atoms with E-state index in [9.17, 15) is 4.79 Å². The van der Waals surface area contributed by atoms with Crippen LogP contribution in [0.15, 0.2) is 22.7 Å². The van der Waals surface area contributed by atoms with E-state index in [0.717, 1.165) is 30.7 Å². The minimum Gasteiger partial charge on any atom is -0.497 e. The van der Waals surface area contributed by atoms with Crippen LogP contribution in [-0.4, -0.2) is 44.1 Å². The largest absolute Gasteiger partial charge is 0.497 e. The zero-order chi connectivity index (χ0) is 12.3. The number of hydrogen-bond donors (Lipinski definition) is 1. The number of amides is 1. The Hall–Kier alpha value is -1.07. The maximum Gasteiger partial charge on any atom is 0.255 e. The first-order chi connectivity index (χ1) is 8.22. The Bertz CT molecular complexity index is 417. The van der Waals surface area contributed by atoms with Crippen LogP contribution in [0, 0.1) is 0 Å². The van der Waals surface area contributed by atoms with E-state index in [1.165, 1.54) is 0 Å². The van der Waals surface area contributed by atoms with Crippen LogP contribution in [-0.2, 0) is 0 Å². The number of piperazine rings is 1. The Morgan fingerprint density at radius 1 is 1.41 bits per heavy atom. The molecule has 0 spiro atoms. The second kappa shape index (κ2) is 5.51. The Morgan fingerprint density at radius 2 is 2.12 bits per heavy atom. The Kier molecular flexibility index (Phi) is 4.02. The number of methoxy groups -OCH3 is 1. The molecular formula is C12H15BrN2O2. The van der Waals surface area contributed by atoms with Gasteiger partial charge in [-0.25, -0.2) is 0 Å². The van der Waals surface area contributed by atoms with Crippen molar-refractivity contribution in [2.45, 2.75) is 0 Å². The normalized spacial score (nSPS) is 15.8. The topological polar surface area (TPSA) is 41.6 Å². The fraction of sp³-hybridized carbons (Fsp3) is 0.417. The molecule has 1 amide bonds. The number of nitrogens with one attached hydrogen (secondary N) is 1. The fourth-order valence-corrected chi connectivity index (χ4v) is 2.25. The summed E-state index contributed by atoms with van der Waals surface area (Å²) >= 11 is 3.41. The molecule has 1 heterocycles. The van der Waals surface area contributed by atoms with E-state index in [0.29, 0.717) is 11.3 Å². The molecule has 1 N–H and O–H groups in total. The monoisotopic (exact) mass is 298 g/mol. The van der Waals surface area contributed by atoms with Crippen molar-refractivity contribution in [3.05, 3.63) is 28.2 Å². The molecule has 0 saturated carbocycles. The third-order valence-corrected chi connectivity index (χ3v) is 3.50. The molecule has 0 unspecified atom stereocenters. The van der Waals surface area contributed by atoms with E-state index in [1.54, 1.807) is 13.2 Å². The van der Waals surface area contributed by atoms with Crippen molar-refractivity contribution >= 4 is 21.8 Å². The molecule has 0 radical (unpaired) electrons. The molecule has 0 aromatic heterocycles. The van der Waals surface area contributed by atoms with Gasteiger partial charge in [0.1, 0.15) is 5.75 Å². The SMILES string of the molecule is COc1ccc(Br)c(C(=O)N2CCNCC2)c1. The third-order valence-electron chi connectivity index (χ3n) is 2.81. The van der Waals surface area contributed by atoms with Crippen molar-refractivity contribution in [2.24, 2.45) is 0 Å². The van der Waals surface area contributed by atoms with Gasteiger partial charge in [-0.3, -0.25) is 4.79 Å². The highest BCUT2D eigenvalue weighted by atomic mass is 79.9. The van der Waals surface area contributed by atoms with Crippen LogP contribution in [0.5, 0.6) is 5.75 Å². The van der Waals surface area contributed by atoms with Gasteiger partial charge >= 0.3 is 0 Å². The van der Waals surface area contributed by atoms with Gasteiger partial charge in [-0.1, -0.05) is 0 Å². The summed E-state index contributed by atoms with van der Waals surface area (Å²) in [6, 6.07) is 5.45. The second-order valence-electron chi connectivity index (χ2n) is 3.89. The molecule has 5 heteroatoms. The van der Waals surface area contributed by atoms with Gasteiger partial charge in [0.25, 0.3) is 5.91 Å². The quantitative estimate of drug-likeness (QED) is 0.900. The third kappa shape index (κ3) is 2.79. The van der Waals surface area contributed by atoms with Gasteiger partial charge in [0.15, 0.2) is 0 Å². The highest BCUT2D eigenvalue weighted by Gasteiger charge is 2.20. The van der Waals surface area contributed by atoms with Crippen molar-refractivity contribution in [1.29, 1.82) is 0 Å². The Morgan fingerprint density at radius 3 is 2.76 bits per heavy atom. The molecule has 17 heavy (non-hydrogen) atoms. The molecule has 1 fully saturated rings. The predicted molar refractivity (Wildman–Crippen MR) is 69.5 cm³/mol. The molecule has 1 aromatic carbocycles. The van der Waals surface area contributed by atoms with Gasteiger partial charge in [0, 0.05) is 30.7 Å². The molecular weight excluding hydrogens is 284 g/mol. The summed E-state index contributed by atoms with van der Waals surface area (Å²) in [7, 11) is 1.60. The summed E-state index contributed by atoms with van der Waals surface area (Å²) in [5, 5.41) is 3.23. The maximum absolute atomic E-state index is 12.3. The van der Waals surface area contributed by atoms with Crippen LogP contribution in [0.4, 0.5) is 0 Å². The highest BCUT2D eigenvalue weighted by molar-refractivity contribution is 9.10. The van der Waals surface area contributed by atoms with Crippen molar-refractivity contribution in [2.75, 3.05) is 33.3 Å². The summed E-state index contributed by atoms with van der Waals surface area (Å²) in [6.07, 6.45) is 0. The Balaban J connectivity index is 2.22. The van der Waals surface area contributed by atoms with Gasteiger partial charge < -0.3 is 15.0 Å². The number of halogens is 1. The summed E-state index contributed by atoms with van der Waals surface area (Å²) in [5.41, 5.74) is 0.659.